The number of aromatic nitrogens is 1. The number of carbonyl (C=O) groups is 2. The third-order valence-corrected chi connectivity index (χ3v) is 5.84. The van der Waals surface area contributed by atoms with Crippen LogP contribution in [0.5, 0.6) is 11.5 Å². The summed E-state index contributed by atoms with van der Waals surface area (Å²) in [6, 6.07) is 16.5. The van der Waals surface area contributed by atoms with Crippen LogP contribution in [0.2, 0.25) is 0 Å². The van der Waals surface area contributed by atoms with Crippen LogP contribution in [-0.2, 0) is 17.6 Å². The lowest BCUT2D eigenvalue weighted by molar-refractivity contribution is -0.136. The van der Waals surface area contributed by atoms with Gasteiger partial charge in [0.1, 0.15) is 17.3 Å². The highest BCUT2D eigenvalue weighted by Crippen LogP contribution is 2.29. The lowest BCUT2D eigenvalue weighted by Gasteiger charge is -2.13. The van der Waals surface area contributed by atoms with E-state index in [2.05, 4.69) is 11.9 Å². The van der Waals surface area contributed by atoms with Crippen LogP contribution in [0.25, 0.3) is 10.9 Å². The SMILES string of the molecule is CCCc1cc(C(=O)c2ccc(F)cc2)ccc1OCCCOc1cccc2[nH]cc(CC(=O)O)c12. The fourth-order valence-corrected chi connectivity index (χ4v) is 4.16. The van der Waals surface area contributed by atoms with Gasteiger partial charge in [-0.15, -0.1) is 0 Å². The Morgan fingerprint density at radius 3 is 2.36 bits per heavy atom. The predicted octanol–water partition coefficient (Wildman–Crippen LogP) is 5.97. The largest absolute Gasteiger partial charge is 0.493 e. The molecule has 6 nitrogen and oxygen atoms in total. The highest BCUT2D eigenvalue weighted by atomic mass is 19.1. The van der Waals surface area contributed by atoms with Crippen LogP contribution >= 0.6 is 0 Å². The van der Waals surface area contributed by atoms with Gasteiger partial charge in [0.15, 0.2) is 5.78 Å². The number of aromatic amines is 1. The Labute approximate surface area is 208 Å². The first kappa shape index (κ1) is 25.0. The number of aliphatic carboxylic acids is 1. The molecule has 186 valence electrons. The van der Waals surface area contributed by atoms with E-state index < -0.39 is 5.97 Å². The molecule has 0 saturated heterocycles. The van der Waals surface area contributed by atoms with Gasteiger partial charge in [0.05, 0.1) is 19.6 Å². The van der Waals surface area contributed by atoms with E-state index in [9.17, 15) is 14.0 Å². The van der Waals surface area contributed by atoms with Gasteiger partial charge < -0.3 is 19.6 Å². The van der Waals surface area contributed by atoms with Crippen molar-refractivity contribution < 1.29 is 28.6 Å². The van der Waals surface area contributed by atoms with Gasteiger partial charge in [-0.3, -0.25) is 9.59 Å². The summed E-state index contributed by atoms with van der Waals surface area (Å²) in [4.78, 5) is 27.1. The Morgan fingerprint density at radius 1 is 0.917 bits per heavy atom. The molecule has 2 N–H and O–H groups in total. The minimum Gasteiger partial charge on any atom is -0.493 e. The van der Waals surface area contributed by atoms with Crippen molar-refractivity contribution in [3.8, 4) is 11.5 Å². The maximum Gasteiger partial charge on any atom is 0.307 e. The summed E-state index contributed by atoms with van der Waals surface area (Å²) < 4.78 is 25.2. The van der Waals surface area contributed by atoms with Crippen molar-refractivity contribution in [1.29, 1.82) is 0 Å². The maximum atomic E-state index is 13.2. The van der Waals surface area contributed by atoms with Crippen LogP contribution < -0.4 is 9.47 Å². The quantitative estimate of drug-likeness (QED) is 0.189. The molecule has 7 heteroatoms. The highest BCUT2D eigenvalue weighted by Gasteiger charge is 2.14. The molecular weight excluding hydrogens is 461 g/mol. The van der Waals surface area contributed by atoms with Gasteiger partial charge in [-0.25, -0.2) is 4.39 Å². The second-order valence-corrected chi connectivity index (χ2v) is 8.52. The fourth-order valence-electron chi connectivity index (χ4n) is 4.16. The number of carboxylic acid groups (broad SMARTS) is 1. The molecule has 1 heterocycles. The fraction of sp³-hybridized carbons (Fsp3) is 0.241. The van der Waals surface area contributed by atoms with Gasteiger partial charge in [-0.2, -0.15) is 0 Å². The number of ether oxygens (including phenoxy) is 2. The smallest absolute Gasteiger partial charge is 0.307 e. The number of carboxylic acids is 1. The van der Waals surface area contributed by atoms with Gasteiger partial charge in [0.25, 0.3) is 0 Å². The molecule has 0 saturated carbocycles. The number of carbonyl (C=O) groups excluding carboxylic acids is 1. The van der Waals surface area contributed by atoms with E-state index in [1.807, 2.05) is 24.3 Å². The molecule has 0 atom stereocenters. The second-order valence-electron chi connectivity index (χ2n) is 8.52. The molecule has 1 aromatic heterocycles. The van der Waals surface area contributed by atoms with E-state index in [0.29, 0.717) is 42.1 Å². The molecule has 0 fully saturated rings. The zero-order valence-electron chi connectivity index (χ0n) is 20.1. The van der Waals surface area contributed by atoms with E-state index in [-0.39, 0.29) is 18.0 Å². The van der Waals surface area contributed by atoms with E-state index >= 15 is 0 Å². The maximum absolute atomic E-state index is 13.2. The van der Waals surface area contributed by atoms with Gasteiger partial charge in [0.2, 0.25) is 0 Å². The summed E-state index contributed by atoms with van der Waals surface area (Å²) in [5.41, 5.74) is 3.44. The first-order valence-electron chi connectivity index (χ1n) is 12.0. The third-order valence-electron chi connectivity index (χ3n) is 5.84. The van der Waals surface area contributed by atoms with E-state index in [1.54, 1.807) is 18.3 Å². The Morgan fingerprint density at radius 2 is 1.64 bits per heavy atom. The van der Waals surface area contributed by atoms with Crippen molar-refractivity contribution in [2.75, 3.05) is 13.2 Å². The number of H-pyrrole nitrogens is 1. The molecule has 0 unspecified atom stereocenters. The predicted molar refractivity (Wildman–Crippen MR) is 136 cm³/mol. The lowest BCUT2D eigenvalue weighted by atomic mass is 9.99. The zero-order valence-corrected chi connectivity index (χ0v) is 20.1. The van der Waals surface area contributed by atoms with Crippen molar-refractivity contribution in [2.45, 2.75) is 32.6 Å². The Kier molecular flexibility index (Phi) is 8.00. The minimum atomic E-state index is -0.896. The van der Waals surface area contributed by atoms with Crippen LogP contribution in [0.1, 0.15) is 46.8 Å². The first-order valence-corrected chi connectivity index (χ1v) is 12.0. The van der Waals surface area contributed by atoms with Gasteiger partial charge in [-0.1, -0.05) is 19.4 Å². The van der Waals surface area contributed by atoms with Gasteiger partial charge in [-0.05, 0) is 72.1 Å². The highest BCUT2D eigenvalue weighted by molar-refractivity contribution is 6.09. The number of nitrogens with one attached hydrogen (secondary N) is 1. The molecule has 36 heavy (non-hydrogen) atoms. The molecule has 4 rings (SSSR count). The van der Waals surface area contributed by atoms with Crippen molar-refractivity contribution >= 4 is 22.7 Å². The van der Waals surface area contributed by atoms with Crippen molar-refractivity contribution in [3.05, 3.63) is 94.9 Å². The van der Waals surface area contributed by atoms with Crippen molar-refractivity contribution in [1.82, 2.24) is 4.98 Å². The number of fused-ring (bicyclic) bond motifs is 1. The number of halogens is 1. The van der Waals surface area contributed by atoms with E-state index in [4.69, 9.17) is 14.6 Å². The summed E-state index contributed by atoms with van der Waals surface area (Å²) in [5.74, 6) is -0.0679. The zero-order chi connectivity index (χ0) is 25.5. The Balaban J connectivity index is 1.37. The van der Waals surface area contributed by atoms with Crippen LogP contribution in [0.3, 0.4) is 0 Å². The number of rotatable bonds is 12. The number of benzene rings is 3. The van der Waals surface area contributed by atoms with E-state index in [0.717, 1.165) is 35.1 Å². The summed E-state index contributed by atoms with van der Waals surface area (Å²) in [7, 11) is 0. The Bertz CT molecular complexity index is 1360. The number of ketones is 1. The van der Waals surface area contributed by atoms with Crippen molar-refractivity contribution in [2.24, 2.45) is 0 Å². The molecule has 4 aromatic rings. The monoisotopic (exact) mass is 489 g/mol. The molecule has 0 aliphatic heterocycles. The molecule has 0 aliphatic carbocycles. The average molecular weight is 490 g/mol. The molecule has 0 radical (unpaired) electrons. The minimum absolute atomic E-state index is 0.0800. The van der Waals surface area contributed by atoms with Crippen LogP contribution in [-0.4, -0.2) is 35.1 Å². The summed E-state index contributed by atoms with van der Waals surface area (Å²) >= 11 is 0. The second kappa shape index (κ2) is 11.5. The first-order chi connectivity index (χ1) is 17.5. The average Bonchev–Trinajstić information content (AvgIpc) is 3.27. The summed E-state index contributed by atoms with van der Waals surface area (Å²) in [6.45, 7) is 2.89. The molecule has 3 aromatic carbocycles. The lowest BCUT2D eigenvalue weighted by Crippen LogP contribution is -2.08. The Hall–Kier alpha value is -4.13. The van der Waals surface area contributed by atoms with Crippen molar-refractivity contribution in [3.63, 3.8) is 0 Å². The third kappa shape index (κ3) is 5.92. The topological polar surface area (TPSA) is 88.6 Å². The molecule has 0 aliphatic rings. The van der Waals surface area contributed by atoms with Crippen LogP contribution in [0.4, 0.5) is 4.39 Å². The molecular formula is C29H28FNO5. The normalized spacial score (nSPS) is 10.9. The van der Waals surface area contributed by atoms with Crippen LogP contribution in [0.15, 0.2) is 66.9 Å². The summed E-state index contributed by atoms with van der Waals surface area (Å²) in [5, 5.41) is 9.95. The molecule has 0 amide bonds. The number of hydrogen-bond acceptors (Lipinski definition) is 4. The molecule has 0 bridgehead atoms. The standard InChI is InChI=1S/C29H28FNO5/c1-2-5-20-16-21(29(34)19-8-11-23(30)12-9-19)10-13-25(20)35-14-4-15-36-26-7-3-6-24-28(26)22(18-31-24)17-27(32)33/h3,6-13,16,18,31H,2,4-5,14-15,17H2,1H3,(H,32,33). The van der Waals surface area contributed by atoms with Gasteiger partial charge in [0, 0.05) is 34.6 Å². The number of aryl methyl sites for hydroxylation is 1. The number of hydrogen-bond donors (Lipinski definition) is 2. The molecule has 0 spiro atoms. The van der Waals surface area contributed by atoms with E-state index in [1.165, 1.54) is 24.3 Å². The van der Waals surface area contributed by atoms with Gasteiger partial charge >= 0.3 is 5.97 Å². The summed E-state index contributed by atoms with van der Waals surface area (Å²) in [6.07, 6.45) is 3.90. The van der Waals surface area contributed by atoms with Crippen LogP contribution in [0, 0.1) is 5.82 Å².